The molecule has 296 valence electrons. The Labute approximate surface area is 365 Å². The minimum absolute atomic E-state index is 0.652. The summed E-state index contributed by atoms with van der Waals surface area (Å²) in [4.78, 5) is 15.2. The lowest BCUT2D eigenvalue weighted by molar-refractivity contribution is 0.436. The molecule has 5 heteroatoms. The molecule has 1 aliphatic heterocycles. The van der Waals surface area contributed by atoms with E-state index in [0.717, 1.165) is 74.8 Å². The first-order chi connectivity index (χ1) is 31.2. The van der Waals surface area contributed by atoms with Crippen molar-refractivity contribution in [1.82, 2.24) is 19.5 Å². The number of aromatic nitrogens is 4. The first-order valence-electron chi connectivity index (χ1n) is 21.7. The van der Waals surface area contributed by atoms with Crippen molar-refractivity contribution in [3.63, 3.8) is 0 Å². The third kappa shape index (κ3) is 5.39. The van der Waals surface area contributed by atoms with E-state index in [9.17, 15) is 0 Å². The number of hydrogen-bond acceptors (Lipinski definition) is 4. The third-order valence-corrected chi connectivity index (χ3v) is 13.2. The van der Waals surface area contributed by atoms with Crippen LogP contribution in [0.4, 0.5) is 0 Å². The lowest BCUT2D eigenvalue weighted by Crippen LogP contribution is -2.32. The number of allylic oxidation sites excluding steroid dienone is 4. The van der Waals surface area contributed by atoms with Gasteiger partial charge >= 0.3 is 0 Å². The molecule has 0 N–H and O–H groups in total. The standard InChI is InChI=1S/C58H38N4O/c1-4-17-37(18-5-1)55-59-56(38-19-6-2-7-20-38)61-57(60-55)41-22-16-21-39(33-41)40-31-32-54-50(34-40)58(48-28-13-15-30-53(48)63-54)47-27-12-10-25-43(47)45-35-46-44-26-11-14-29-51(44)62(52(46)36-49(45)58)42-23-8-3-9-24-42/h1-6,8-19,21-36H,7,20H2. The summed E-state index contributed by atoms with van der Waals surface area (Å²) in [6.45, 7) is 0. The Morgan fingerprint density at radius 3 is 1.98 bits per heavy atom. The van der Waals surface area contributed by atoms with Crippen molar-refractivity contribution < 1.29 is 4.74 Å². The largest absolute Gasteiger partial charge is 0.457 e. The van der Waals surface area contributed by atoms with Crippen LogP contribution in [-0.4, -0.2) is 19.5 Å². The average Bonchev–Trinajstić information content (AvgIpc) is 3.84. The van der Waals surface area contributed by atoms with E-state index in [1.807, 2.05) is 18.2 Å². The fourth-order valence-corrected chi connectivity index (χ4v) is 10.4. The summed E-state index contributed by atoms with van der Waals surface area (Å²) in [6, 6.07) is 67.5. The van der Waals surface area contributed by atoms with Crippen molar-refractivity contribution in [2.24, 2.45) is 0 Å². The molecule has 10 aromatic rings. The second-order valence-electron chi connectivity index (χ2n) is 16.6. The summed E-state index contributed by atoms with van der Waals surface area (Å²) in [5, 5.41) is 2.47. The first-order valence-corrected chi connectivity index (χ1v) is 21.7. The molecule has 0 radical (unpaired) electrons. The van der Waals surface area contributed by atoms with E-state index in [2.05, 4.69) is 193 Å². The van der Waals surface area contributed by atoms with Crippen LogP contribution in [0.15, 0.2) is 206 Å². The summed E-state index contributed by atoms with van der Waals surface area (Å²) < 4.78 is 9.31. The number of benzene rings is 8. The van der Waals surface area contributed by atoms with Gasteiger partial charge in [0.15, 0.2) is 17.5 Å². The monoisotopic (exact) mass is 806 g/mol. The van der Waals surface area contributed by atoms with E-state index in [4.69, 9.17) is 19.7 Å². The van der Waals surface area contributed by atoms with E-state index in [1.54, 1.807) is 0 Å². The number of hydrogen-bond donors (Lipinski definition) is 0. The Hall–Kier alpha value is -8.15. The van der Waals surface area contributed by atoms with Gasteiger partial charge in [-0.15, -0.1) is 0 Å². The van der Waals surface area contributed by atoms with Crippen molar-refractivity contribution in [2.75, 3.05) is 0 Å². The highest BCUT2D eigenvalue weighted by Crippen LogP contribution is 2.63. The van der Waals surface area contributed by atoms with Crippen molar-refractivity contribution in [2.45, 2.75) is 18.3 Å². The van der Waals surface area contributed by atoms with Gasteiger partial charge in [-0.1, -0.05) is 152 Å². The predicted octanol–water partition coefficient (Wildman–Crippen LogP) is 14.2. The summed E-state index contributed by atoms with van der Waals surface area (Å²) in [5.74, 6) is 3.76. The molecule has 0 saturated heterocycles. The third-order valence-electron chi connectivity index (χ3n) is 13.2. The van der Waals surface area contributed by atoms with Gasteiger partial charge in [-0.3, -0.25) is 0 Å². The molecule has 1 spiro atoms. The molecule has 2 aromatic heterocycles. The molecule has 13 rings (SSSR count). The van der Waals surface area contributed by atoms with Crippen LogP contribution >= 0.6 is 0 Å². The lowest BCUT2D eigenvalue weighted by Gasteiger charge is -2.39. The molecule has 63 heavy (non-hydrogen) atoms. The summed E-state index contributed by atoms with van der Waals surface area (Å²) in [6.07, 6.45) is 8.27. The number of rotatable bonds is 5. The molecule has 2 aliphatic carbocycles. The maximum atomic E-state index is 6.89. The molecule has 0 fully saturated rings. The molecule has 0 amide bonds. The number of ether oxygens (including phenoxy) is 1. The molecule has 5 nitrogen and oxygen atoms in total. The first kappa shape index (κ1) is 35.6. The quantitative estimate of drug-likeness (QED) is 0.174. The highest BCUT2D eigenvalue weighted by molar-refractivity contribution is 6.12. The van der Waals surface area contributed by atoms with Crippen LogP contribution in [0.3, 0.4) is 0 Å². The van der Waals surface area contributed by atoms with Crippen LogP contribution in [-0.2, 0) is 5.41 Å². The Morgan fingerprint density at radius 2 is 1.13 bits per heavy atom. The lowest BCUT2D eigenvalue weighted by atomic mass is 9.65. The second kappa shape index (κ2) is 13.9. The molecular weight excluding hydrogens is 769 g/mol. The SMILES string of the molecule is C1=CCCC(c2nc(-c3ccccc3)nc(-c3cccc(-c4ccc5c(c4)C4(c6ccccc6O5)c5ccccc5-c5cc6c7ccccc7n(-c7ccccc7)c6cc54)c3)n2)=C1. The fraction of sp³-hybridized carbons (Fsp3) is 0.0517. The van der Waals surface area contributed by atoms with Crippen LogP contribution in [0.25, 0.3) is 78.1 Å². The Kier molecular flexibility index (Phi) is 7.88. The van der Waals surface area contributed by atoms with Gasteiger partial charge in [-0.25, -0.2) is 15.0 Å². The van der Waals surface area contributed by atoms with Gasteiger partial charge in [0.25, 0.3) is 0 Å². The van der Waals surface area contributed by atoms with Crippen molar-refractivity contribution >= 4 is 27.4 Å². The van der Waals surface area contributed by atoms with Crippen LogP contribution in [0.5, 0.6) is 11.5 Å². The highest BCUT2D eigenvalue weighted by Gasteiger charge is 2.51. The van der Waals surface area contributed by atoms with E-state index in [1.165, 1.54) is 44.1 Å². The Balaban J connectivity index is 1.03. The Morgan fingerprint density at radius 1 is 0.444 bits per heavy atom. The maximum absolute atomic E-state index is 6.89. The predicted molar refractivity (Wildman–Crippen MR) is 254 cm³/mol. The van der Waals surface area contributed by atoms with E-state index in [0.29, 0.717) is 11.6 Å². The summed E-state index contributed by atoms with van der Waals surface area (Å²) >= 11 is 0. The number of para-hydroxylation sites is 3. The van der Waals surface area contributed by atoms with Gasteiger partial charge in [0, 0.05) is 38.7 Å². The Bertz CT molecular complexity index is 3550. The molecule has 0 bridgehead atoms. The van der Waals surface area contributed by atoms with Crippen molar-refractivity contribution in [3.05, 3.63) is 234 Å². The van der Waals surface area contributed by atoms with Gasteiger partial charge in [0.1, 0.15) is 11.5 Å². The minimum Gasteiger partial charge on any atom is -0.457 e. The average molecular weight is 807 g/mol. The topological polar surface area (TPSA) is 52.8 Å². The maximum Gasteiger partial charge on any atom is 0.164 e. The van der Waals surface area contributed by atoms with Crippen LogP contribution in [0.2, 0.25) is 0 Å². The van der Waals surface area contributed by atoms with Crippen molar-refractivity contribution in [3.8, 4) is 62.2 Å². The van der Waals surface area contributed by atoms with E-state index < -0.39 is 5.41 Å². The summed E-state index contributed by atoms with van der Waals surface area (Å²) in [5.41, 5.74) is 15.2. The number of fused-ring (bicyclic) bond motifs is 12. The van der Waals surface area contributed by atoms with Crippen LogP contribution in [0.1, 0.15) is 40.9 Å². The fourth-order valence-electron chi connectivity index (χ4n) is 10.4. The molecule has 0 saturated carbocycles. The van der Waals surface area contributed by atoms with Crippen LogP contribution in [0, 0.1) is 0 Å². The number of nitrogens with zero attached hydrogens (tertiary/aromatic N) is 4. The minimum atomic E-state index is -0.661. The highest BCUT2D eigenvalue weighted by atomic mass is 16.5. The molecule has 3 heterocycles. The van der Waals surface area contributed by atoms with Gasteiger partial charge in [0.2, 0.25) is 0 Å². The summed E-state index contributed by atoms with van der Waals surface area (Å²) in [7, 11) is 0. The second-order valence-corrected chi connectivity index (χ2v) is 16.6. The zero-order valence-corrected chi connectivity index (χ0v) is 34.2. The van der Waals surface area contributed by atoms with Gasteiger partial charge in [-0.05, 0) is 106 Å². The zero-order valence-electron chi connectivity index (χ0n) is 34.2. The van der Waals surface area contributed by atoms with Gasteiger partial charge < -0.3 is 9.30 Å². The smallest absolute Gasteiger partial charge is 0.164 e. The molecule has 1 unspecified atom stereocenters. The molecular formula is C58H38N4O. The molecule has 8 aromatic carbocycles. The van der Waals surface area contributed by atoms with Gasteiger partial charge in [0.05, 0.1) is 16.4 Å². The van der Waals surface area contributed by atoms with Crippen molar-refractivity contribution in [1.29, 1.82) is 0 Å². The van der Waals surface area contributed by atoms with E-state index >= 15 is 0 Å². The van der Waals surface area contributed by atoms with E-state index in [-0.39, 0.29) is 0 Å². The van der Waals surface area contributed by atoms with Crippen LogP contribution < -0.4 is 4.74 Å². The molecule has 1 atom stereocenters. The normalized spacial score (nSPS) is 15.7. The zero-order chi connectivity index (χ0) is 41.5. The van der Waals surface area contributed by atoms with Gasteiger partial charge in [-0.2, -0.15) is 0 Å². The molecule has 3 aliphatic rings.